The van der Waals surface area contributed by atoms with Gasteiger partial charge in [0.2, 0.25) is 0 Å². The molecule has 1 saturated carbocycles. The van der Waals surface area contributed by atoms with Gasteiger partial charge in [-0.25, -0.2) is 0 Å². The van der Waals surface area contributed by atoms with E-state index in [9.17, 15) is 4.79 Å². The van der Waals surface area contributed by atoms with Gasteiger partial charge in [-0.1, -0.05) is 31.4 Å². The van der Waals surface area contributed by atoms with E-state index in [-0.39, 0.29) is 23.7 Å². The van der Waals surface area contributed by atoms with E-state index in [1.165, 1.54) is 24.1 Å². The highest BCUT2D eigenvalue weighted by atomic mass is 35.5. The number of nitrogen functional groups attached to an aromatic ring is 1. The summed E-state index contributed by atoms with van der Waals surface area (Å²) in [5.41, 5.74) is 8.21. The zero-order valence-corrected chi connectivity index (χ0v) is 15.6. The highest BCUT2D eigenvalue weighted by molar-refractivity contribution is 7.10. The number of nitrogens with one attached hydrogen (secondary N) is 1. The van der Waals surface area contributed by atoms with Gasteiger partial charge in [0.15, 0.2) is 0 Å². The smallest absolute Gasteiger partial charge is 0.251 e. The first-order valence-electron chi connectivity index (χ1n) is 8.29. The molecule has 2 aromatic rings. The van der Waals surface area contributed by atoms with E-state index in [2.05, 4.69) is 22.8 Å². The lowest BCUT2D eigenvalue weighted by atomic mass is 9.73. The molecule has 1 heterocycles. The Balaban J connectivity index is 0.00000208. The van der Waals surface area contributed by atoms with Crippen LogP contribution in [0.3, 0.4) is 0 Å². The number of benzene rings is 1. The molecule has 130 valence electrons. The zero-order valence-electron chi connectivity index (χ0n) is 14.0. The van der Waals surface area contributed by atoms with Crippen LogP contribution in [0.1, 0.15) is 52.9 Å². The third-order valence-corrected chi connectivity index (χ3v) is 6.06. The average molecular weight is 365 g/mol. The van der Waals surface area contributed by atoms with E-state index in [4.69, 9.17) is 5.73 Å². The monoisotopic (exact) mass is 364 g/mol. The first kappa shape index (κ1) is 18.8. The van der Waals surface area contributed by atoms with Gasteiger partial charge in [0.05, 0.1) is 0 Å². The molecule has 1 aliphatic carbocycles. The molecule has 0 atom stereocenters. The number of hydrogen-bond donors (Lipinski definition) is 2. The fraction of sp³-hybridized carbons (Fsp3) is 0.421. The van der Waals surface area contributed by atoms with Crippen LogP contribution in [0.4, 0.5) is 5.69 Å². The maximum atomic E-state index is 12.6. The molecule has 3 nitrogen and oxygen atoms in total. The normalized spacial score (nSPS) is 16.2. The maximum absolute atomic E-state index is 12.6. The van der Waals surface area contributed by atoms with Crippen LogP contribution >= 0.6 is 23.7 Å². The van der Waals surface area contributed by atoms with Crippen LogP contribution in [-0.4, -0.2) is 12.5 Å². The highest BCUT2D eigenvalue weighted by Crippen LogP contribution is 2.41. The zero-order chi connectivity index (χ0) is 16.3. The minimum absolute atomic E-state index is 0. The summed E-state index contributed by atoms with van der Waals surface area (Å²) in [6, 6.07) is 9.83. The van der Waals surface area contributed by atoms with Gasteiger partial charge in [0.25, 0.3) is 5.91 Å². The Kier molecular flexibility index (Phi) is 6.30. The molecule has 0 bridgehead atoms. The molecule has 24 heavy (non-hydrogen) atoms. The molecule has 0 saturated heterocycles. The molecule has 1 aromatic heterocycles. The largest absolute Gasteiger partial charge is 0.399 e. The average Bonchev–Trinajstić information content (AvgIpc) is 3.11. The molecular weight excluding hydrogens is 340 g/mol. The van der Waals surface area contributed by atoms with Crippen molar-refractivity contribution in [3.8, 4) is 0 Å². The summed E-state index contributed by atoms with van der Waals surface area (Å²) >= 11 is 1.81. The topological polar surface area (TPSA) is 55.1 Å². The molecule has 3 N–H and O–H groups in total. The molecular formula is C19H25ClN2OS. The second kappa shape index (κ2) is 8.04. The number of carbonyl (C=O) groups excluding carboxylic acids is 1. The van der Waals surface area contributed by atoms with Crippen molar-refractivity contribution in [2.24, 2.45) is 0 Å². The Morgan fingerprint density at radius 3 is 2.67 bits per heavy atom. The summed E-state index contributed by atoms with van der Waals surface area (Å²) in [6.45, 7) is 2.66. The summed E-state index contributed by atoms with van der Waals surface area (Å²) in [5.74, 6) is -0.0173. The summed E-state index contributed by atoms with van der Waals surface area (Å²) < 4.78 is 0. The van der Waals surface area contributed by atoms with Crippen molar-refractivity contribution in [3.63, 3.8) is 0 Å². The molecule has 3 rings (SSSR count). The fourth-order valence-corrected chi connectivity index (χ4v) is 4.54. The lowest BCUT2D eigenvalue weighted by Gasteiger charge is -2.36. The predicted octanol–water partition coefficient (Wildman–Crippen LogP) is 4.69. The number of thiophene rings is 1. The van der Waals surface area contributed by atoms with Gasteiger partial charge >= 0.3 is 0 Å². The van der Waals surface area contributed by atoms with E-state index >= 15 is 0 Å². The quantitative estimate of drug-likeness (QED) is 0.773. The number of anilines is 1. The van der Waals surface area contributed by atoms with Crippen LogP contribution in [-0.2, 0) is 5.41 Å². The Morgan fingerprint density at radius 1 is 1.25 bits per heavy atom. The number of nitrogens with two attached hydrogens (primary N) is 1. The molecule has 1 fully saturated rings. The first-order valence-corrected chi connectivity index (χ1v) is 9.17. The number of halogens is 1. The molecule has 0 unspecified atom stereocenters. The Labute approximate surface area is 154 Å². The van der Waals surface area contributed by atoms with E-state index < -0.39 is 0 Å². The van der Waals surface area contributed by atoms with Gasteiger partial charge in [0, 0.05) is 28.1 Å². The Hall–Kier alpha value is -1.52. The molecule has 0 aliphatic heterocycles. The van der Waals surface area contributed by atoms with Crippen molar-refractivity contribution in [1.29, 1.82) is 0 Å². The molecule has 5 heteroatoms. The number of aryl methyl sites for hydroxylation is 1. The van der Waals surface area contributed by atoms with E-state index in [1.54, 1.807) is 6.07 Å². The Morgan fingerprint density at radius 2 is 2.00 bits per heavy atom. The standard InChI is InChI=1S/C19H24N2OS.ClH/c1-14-7-8-15(20)12-16(14)18(22)21-13-19(9-3-2-4-10-19)17-6-5-11-23-17;/h5-8,11-12H,2-4,9-10,13,20H2,1H3,(H,21,22);1H. The molecule has 0 radical (unpaired) electrons. The number of amides is 1. The molecule has 0 spiro atoms. The van der Waals surface area contributed by atoms with Crippen molar-refractivity contribution in [2.75, 3.05) is 12.3 Å². The summed E-state index contributed by atoms with van der Waals surface area (Å²) in [5, 5.41) is 5.31. The maximum Gasteiger partial charge on any atom is 0.251 e. The van der Waals surface area contributed by atoms with Crippen LogP contribution in [0.5, 0.6) is 0 Å². The SMILES string of the molecule is Cc1ccc(N)cc1C(=O)NCC1(c2cccs2)CCCCC1.Cl. The van der Waals surface area contributed by atoms with Crippen LogP contribution in [0.15, 0.2) is 35.7 Å². The second-order valence-corrected chi connectivity index (χ2v) is 7.52. The Bertz CT molecular complexity index is 679. The third-order valence-electron chi connectivity index (χ3n) is 4.95. The second-order valence-electron chi connectivity index (χ2n) is 6.58. The van der Waals surface area contributed by atoms with Crippen LogP contribution in [0.25, 0.3) is 0 Å². The molecule has 1 aliphatic rings. The van der Waals surface area contributed by atoms with Gasteiger partial charge in [-0.2, -0.15) is 0 Å². The van der Waals surface area contributed by atoms with E-state index in [0.29, 0.717) is 17.8 Å². The summed E-state index contributed by atoms with van der Waals surface area (Å²) in [7, 11) is 0. The fourth-order valence-electron chi connectivity index (χ4n) is 3.55. The van der Waals surface area contributed by atoms with Gasteiger partial charge in [-0.15, -0.1) is 23.7 Å². The minimum atomic E-state index is -0.0173. The lowest BCUT2D eigenvalue weighted by Crippen LogP contribution is -2.41. The highest BCUT2D eigenvalue weighted by Gasteiger charge is 2.35. The minimum Gasteiger partial charge on any atom is -0.399 e. The van der Waals surface area contributed by atoms with Crippen molar-refractivity contribution in [3.05, 3.63) is 51.7 Å². The van der Waals surface area contributed by atoms with Gasteiger partial charge < -0.3 is 11.1 Å². The van der Waals surface area contributed by atoms with Crippen LogP contribution in [0, 0.1) is 6.92 Å². The first-order chi connectivity index (χ1) is 11.1. The van der Waals surface area contributed by atoms with Crippen LogP contribution in [0.2, 0.25) is 0 Å². The number of rotatable bonds is 4. The van der Waals surface area contributed by atoms with Crippen molar-refractivity contribution in [2.45, 2.75) is 44.4 Å². The summed E-state index contributed by atoms with van der Waals surface area (Å²) in [6.07, 6.45) is 6.10. The molecule has 1 aromatic carbocycles. The van der Waals surface area contributed by atoms with Crippen molar-refractivity contribution < 1.29 is 4.79 Å². The van der Waals surface area contributed by atoms with E-state index in [1.807, 2.05) is 30.4 Å². The van der Waals surface area contributed by atoms with Gasteiger partial charge in [-0.3, -0.25) is 4.79 Å². The predicted molar refractivity (Wildman–Crippen MR) is 104 cm³/mol. The van der Waals surface area contributed by atoms with Gasteiger partial charge in [-0.05, 0) is 48.9 Å². The number of carbonyl (C=O) groups is 1. The van der Waals surface area contributed by atoms with Gasteiger partial charge in [0.1, 0.15) is 0 Å². The summed E-state index contributed by atoms with van der Waals surface area (Å²) in [4.78, 5) is 14.0. The van der Waals surface area contributed by atoms with Crippen molar-refractivity contribution in [1.82, 2.24) is 5.32 Å². The van der Waals surface area contributed by atoms with E-state index in [0.717, 1.165) is 18.4 Å². The van der Waals surface area contributed by atoms with Crippen LogP contribution < -0.4 is 11.1 Å². The lowest BCUT2D eigenvalue weighted by molar-refractivity contribution is 0.0936. The van der Waals surface area contributed by atoms with Crippen molar-refractivity contribution >= 4 is 35.3 Å². The molecule has 1 amide bonds. The third kappa shape index (κ3) is 3.93. The number of hydrogen-bond acceptors (Lipinski definition) is 3.